The van der Waals surface area contributed by atoms with Gasteiger partial charge in [-0.25, -0.2) is 0 Å². The predicted octanol–water partition coefficient (Wildman–Crippen LogP) is 9.66. The summed E-state index contributed by atoms with van der Waals surface area (Å²) in [6.45, 7) is 0. The molecule has 0 unspecified atom stereocenters. The standard InChI is InChI=1S/C33H28ClN/c34-25-7-8-26-13-19-31(20-14-26)35(32-21-15-29(16-22-32)27-9-3-1-4-10-27)33-23-17-30(18-24-33)28-11-5-2-6-12-28/h1-6,9-24H,7-8,25H2. The highest BCUT2D eigenvalue weighted by Crippen LogP contribution is 2.36. The number of rotatable bonds is 8. The minimum absolute atomic E-state index is 0.690. The highest BCUT2D eigenvalue weighted by molar-refractivity contribution is 6.17. The Balaban J connectivity index is 1.50. The van der Waals surface area contributed by atoms with Gasteiger partial charge in [0.05, 0.1) is 0 Å². The van der Waals surface area contributed by atoms with Gasteiger partial charge in [0.25, 0.3) is 0 Å². The zero-order chi connectivity index (χ0) is 23.9. The zero-order valence-electron chi connectivity index (χ0n) is 19.6. The Morgan fingerprint density at radius 1 is 0.429 bits per heavy atom. The highest BCUT2D eigenvalue weighted by Gasteiger charge is 2.13. The topological polar surface area (TPSA) is 3.24 Å². The summed E-state index contributed by atoms with van der Waals surface area (Å²) >= 11 is 5.90. The number of alkyl halides is 1. The van der Waals surface area contributed by atoms with E-state index in [9.17, 15) is 0 Å². The summed E-state index contributed by atoms with van der Waals surface area (Å²) in [7, 11) is 0. The van der Waals surface area contributed by atoms with Crippen molar-refractivity contribution in [1.29, 1.82) is 0 Å². The fourth-order valence-electron chi connectivity index (χ4n) is 4.40. The maximum atomic E-state index is 5.90. The first-order chi connectivity index (χ1) is 17.3. The Bertz CT molecular complexity index is 1240. The number of hydrogen-bond acceptors (Lipinski definition) is 1. The van der Waals surface area contributed by atoms with E-state index in [0.717, 1.165) is 29.9 Å². The Morgan fingerprint density at radius 3 is 1.20 bits per heavy atom. The molecule has 0 aliphatic heterocycles. The molecule has 172 valence electrons. The van der Waals surface area contributed by atoms with Crippen molar-refractivity contribution in [1.82, 2.24) is 0 Å². The van der Waals surface area contributed by atoms with E-state index >= 15 is 0 Å². The molecular formula is C33H28ClN. The Morgan fingerprint density at radius 2 is 0.800 bits per heavy atom. The number of anilines is 3. The van der Waals surface area contributed by atoms with Crippen LogP contribution < -0.4 is 4.90 Å². The van der Waals surface area contributed by atoms with Crippen LogP contribution in [0.2, 0.25) is 0 Å². The van der Waals surface area contributed by atoms with Crippen LogP contribution in [0, 0.1) is 0 Å². The van der Waals surface area contributed by atoms with Crippen LogP contribution in [-0.2, 0) is 6.42 Å². The second kappa shape index (κ2) is 11.1. The van der Waals surface area contributed by atoms with E-state index in [1.807, 2.05) is 0 Å². The summed E-state index contributed by atoms with van der Waals surface area (Å²) in [6.07, 6.45) is 1.99. The summed E-state index contributed by atoms with van der Waals surface area (Å²) in [6, 6.07) is 47.5. The van der Waals surface area contributed by atoms with Crippen molar-refractivity contribution in [3.8, 4) is 22.3 Å². The molecule has 0 heterocycles. The van der Waals surface area contributed by atoms with Crippen molar-refractivity contribution in [3.63, 3.8) is 0 Å². The molecular weight excluding hydrogens is 446 g/mol. The molecule has 2 heteroatoms. The number of halogens is 1. The Labute approximate surface area is 213 Å². The van der Waals surface area contributed by atoms with Crippen molar-refractivity contribution >= 4 is 28.7 Å². The first kappa shape index (κ1) is 23.0. The van der Waals surface area contributed by atoms with Crippen LogP contribution in [0.25, 0.3) is 22.3 Å². The molecule has 0 saturated heterocycles. The van der Waals surface area contributed by atoms with Crippen LogP contribution in [0.3, 0.4) is 0 Å². The minimum atomic E-state index is 0.690. The second-order valence-corrected chi connectivity index (χ2v) is 9.00. The summed E-state index contributed by atoms with van der Waals surface area (Å²) in [5.41, 5.74) is 9.59. The molecule has 0 N–H and O–H groups in total. The average molecular weight is 474 g/mol. The summed E-state index contributed by atoms with van der Waals surface area (Å²) < 4.78 is 0. The fraction of sp³-hybridized carbons (Fsp3) is 0.0909. The number of benzene rings is 5. The fourth-order valence-corrected chi connectivity index (χ4v) is 4.53. The Kier molecular flexibility index (Phi) is 7.27. The smallest absolute Gasteiger partial charge is 0.0462 e. The third kappa shape index (κ3) is 5.48. The largest absolute Gasteiger partial charge is 0.311 e. The van der Waals surface area contributed by atoms with E-state index in [4.69, 9.17) is 11.6 Å². The van der Waals surface area contributed by atoms with Crippen LogP contribution in [0.4, 0.5) is 17.1 Å². The lowest BCUT2D eigenvalue weighted by molar-refractivity contribution is 0.929. The first-order valence-corrected chi connectivity index (χ1v) is 12.6. The monoisotopic (exact) mass is 473 g/mol. The maximum absolute atomic E-state index is 5.90. The van der Waals surface area contributed by atoms with Crippen molar-refractivity contribution < 1.29 is 0 Å². The van der Waals surface area contributed by atoms with Gasteiger partial charge >= 0.3 is 0 Å². The van der Waals surface area contributed by atoms with E-state index < -0.39 is 0 Å². The third-order valence-electron chi connectivity index (χ3n) is 6.26. The average Bonchev–Trinajstić information content (AvgIpc) is 2.94. The molecule has 0 spiro atoms. The second-order valence-electron chi connectivity index (χ2n) is 8.62. The lowest BCUT2D eigenvalue weighted by Crippen LogP contribution is -2.10. The van der Waals surface area contributed by atoms with E-state index in [2.05, 4.69) is 138 Å². The van der Waals surface area contributed by atoms with Crippen LogP contribution in [0.15, 0.2) is 133 Å². The van der Waals surface area contributed by atoms with Gasteiger partial charge in [0, 0.05) is 22.9 Å². The maximum Gasteiger partial charge on any atom is 0.0462 e. The summed E-state index contributed by atoms with van der Waals surface area (Å²) in [4.78, 5) is 2.31. The van der Waals surface area contributed by atoms with Gasteiger partial charge in [0.1, 0.15) is 0 Å². The minimum Gasteiger partial charge on any atom is -0.311 e. The molecule has 0 bridgehead atoms. The zero-order valence-corrected chi connectivity index (χ0v) is 20.4. The molecule has 0 atom stereocenters. The van der Waals surface area contributed by atoms with E-state index in [0.29, 0.717) is 5.88 Å². The van der Waals surface area contributed by atoms with Gasteiger partial charge in [-0.2, -0.15) is 0 Å². The van der Waals surface area contributed by atoms with Gasteiger partial charge in [-0.05, 0) is 77.1 Å². The lowest BCUT2D eigenvalue weighted by Gasteiger charge is -2.26. The molecule has 5 aromatic rings. The van der Waals surface area contributed by atoms with Gasteiger partial charge in [-0.15, -0.1) is 11.6 Å². The van der Waals surface area contributed by atoms with E-state index in [1.165, 1.54) is 27.8 Å². The van der Waals surface area contributed by atoms with Crippen LogP contribution in [0.1, 0.15) is 12.0 Å². The third-order valence-corrected chi connectivity index (χ3v) is 6.53. The molecule has 5 rings (SSSR count). The number of aryl methyl sites for hydroxylation is 1. The molecule has 0 fully saturated rings. The Hall–Kier alpha value is -3.81. The van der Waals surface area contributed by atoms with Crippen molar-refractivity contribution in [2.45, 2.75) is 12.8 Å². The quantitative estimate of drug-likeness (QED) is 0.203. The van der Waals surface area contributed by atoms with Crippen LogP contribution >= 0.6 is 11.6 Å². The van der Waals surface area contributed by atoms with Gasteiger partial charge in [0.2, 0.25) is 0 Å². The molecule has 0 aliphatic carbocycles. The van der Waals surface area contributed by atoms with Gasteiger partial charge in [-0.3, -0.25) is 0 Å². The van der Waals surface area contributed by atoms with E-state index in [-0.39, 0.29) is 0 Å². The van der Waals surface area contributed by atoms with Crippen molar-refractivity contribution in [2.24, 2.45) is 0 Å². The van der Waals surface area contributed by atoms with Crippen LogP contribution in [-0.4, -0.2) is 5.88 Å². The molecule has 0 radical (unpaired) electrons. The number of hydrogen-bond donors (Lipinski definition) is 0. The van der Waals surface area contributed by atoms with Gasteiger partial charge in [-0.1, -0.05) is 97.1 Å². The van der Waals surface area contributed by atoms with Crippen molar-refractivity contribution in [2.75, 3.05) is 10.8 Å². The molecule has 0 amide bonds. The van der Waals surface area contributed by atoms with Crippen molar-refractivity contribution in [3.05, 3.63) is 139 Å². The summed E-state index contributed by atoms with van der Waals surface area (Å²) in [5.74, 6) is 0.690. The molecule has 0 saturated carbocycles. The van der Waals surface area contributed by atoms with Crippen LogP contribution in [0.5, 0.6) is 0 Å². The number of nitrogens with zero attached hydrogens (tertiary/aromatic N) is 1. The molecule has 35 heavy (non-hydrogen) atoms. The molecule has 5 aromatic carbocycles. The lowest BCUT2D eigenvalue weighted by atomic mass is 10.0. The SMILES string of the molecule is ClCCCc1ccc(N(c2ccc(-c3ccccc3)cc2)c2ccc(-c3ccccc3)cc2)cc1. The molecule has 0 aromatic heterocycles. The molecule has 0 aliphatic rings. The molecule has 1 nitrogen and oxygen atoms in total. The highest BCUT2D eigenvalue weighted by atomic mass is 35.5. The normalized spacial score (nSPS) is 10.8. The first-order valence-electron chi connectivity index (χ1n) is 12.1. The summed E-state index contributed by atoms with van der Waals surface area (Å²) in [5, 5.41) is 0. The van der Waals surface area contributed by atoms with Gasteiger partial charge < -0.3 is 4.90 Å². The van der Waals surface area contributed by atoms with Gasteiger partial charge in [0.15, 0.2) is 0 Å². The predicted molar refractivity (Wildman–Crippen MR) is 151 cm³/mol. The van der Waals surface area contributed by atoms with E-state index in [1.54, 1.807) is 0 Å².